The molecular formula is C10H6ClF3N4OS. The standard InChI is InChI=1S/C10H6ClF3N4OS/c11-5-3-1-2-4-6(5)15-8(19)16-9-18-17-7(20-9)10(12,13)14/h1-4H,(H2,15,16,18,19). The van der Waals surface area contributed by atoms with E-state index in [-0.39, 0.29) is 16.5 Å². The average molecular weight is 323 g/mol. The number of hydrogen-bond acceptors (Lipinski definition) is 4. The van der Waals surface area contributed by atoms with Crippen LogP contribution in [0.15, 0.2) is 24.3 Å². The van der Waals surface area contributed by atoms with E-state index in [1.807, 2.05) is 0 Å². The zero-order valence-corrected chi connectivity index (χ0v) is 11.1. The third kappa shape index (κ3) is 3.58. The fourth-order valence-electron chi connectivity index (χ4n) is 1.20. The van der Waals surface area contributed by atoms with Crippen LogP contribution in [0.3, 0.4) is 0 Å². The molecule has 0 saturated heterocycles. The number of aromatic nitrogens is 2. The highest BCUT2D eigenvalue weighted by Gasteiger charge is 2.35. The quantitative estimate of drug-likeness (QED) is 0.882. The number of anilines is 2. The summed E-state index contributed by atoms with van der Waals surface area (Å²) in [5.74, 6) is 0. The first-order valence-electron chi connectivity index (χ1n) is 5.09. The molecule has 106 valence electrons. The minimum Gasteiger partial charge on any atom is -0.306 e. The molecule has 2 N–H and O–H groups in total. The van der Waals surface area contributed by atoms with Crippen LogP contribution >= 0.6 is 22.9 Å². The summed E-state index contributed by atoms with van der Waals surface area (Å²) in [6, 6.07) is 5.66. The summed E-state index contributed by atoms with van der Waals surface area (Å²) in [6.07, 6.45) is -4.59. The maximum Gasteiger partial charge on any atom is 0.445 e. The van der Waals surface area contributed by atoms with E-state index in [9.17, 15) is 18.0 Å². The lowest BCUT2D eigenvalue weighted by Gasteiger charge is -2.06. The fourth-order valence-corrected chi connectivity index (χ4v) is 1.99. The molecule has 0 unspecified atom stereocenters. The van der Waals surface area contributed by atoms with Crippen molar-refractivity contribution in [3.8, 4) is 0 Å². The predicted octanol–water partition coefficient (Wildman–Crippen LogP) is 3.85. The van der Waals surface area contributed by atoms with Crippen LogP contribution in [0.25, 0.3) is 0 Å². The summed E-state index contributed by atoms with van der Waals surface area (Å²) in [7, 11) is 0. The number of carbonyl (C=O) groups excluding carboxylic acids is 1. The van der Waals surface area contributed by atoms with Crippen molar-refractivity contribution in [3.63, 3.8) is 0 Å². The van der Waals surface area contributed by atoms with Crippen LogP contribution in [0.5, 0.6) is 0 Å². The lowest BCUT2D eigenvalue weighted by Crippen LogP contribution is -2.19. The zero-order chi connectivity index (χ0) is 14.8. The van der Waals surface area contributed by atoms with Crippen LogP contribution in [-0.4, -0.2) is 16.2 Å². The molecule has 0 fully saturated rings. The summed E-state index contributed by atoms with van der Waals surface area (Å²) in [5, 5.41) is 9.60. The molecule has 5 nitrogen and oxygen atoms in total. The van der Waals surface area contributed by atoms with Gasteiger partial charge in [0.05, 0.1) is 10.7 Å². The maximum absolute atomic E-state index is 12.3. The Morgan fingerprint density at radius 1 is 1.20 bits per heavy atom. The van der Waals surface area contributed by atoms with Crippen LogP contribution in [0.2, 0.25) is 5.02 Å². The predicted molar refractivity (Wildman–Crippen MR) is 69.0 cm³/mol. The third-order valence-corrected chi connectivity index (χ3v) is 3.22. The van der Waals surface area contributed by atoms with Gasteiger partial charge in [-0.3, -0.25) is 5.32 Å². The lowest BCUT2D eigenvalue weighted by atomic mass is 10.3. The van der Waals surface area contributed by atoms with Crippen molar-refractivity contribution in [2.45, 2.75) is 6.18 Å². The van der Waals surface area contributed by atoms with Crippen molar-refractivity contribution in [1.82, 2.24) is 10.2 Å². The molecule has 0 aliphatic rings. The number of alkyl halides is 3. The van der Waals surface area contributed by atoms with E-state index >= 15 is 0 Å². The van der Waals surface area contributed by atoms with E-state index in [0.717, 1.165) is 0 Å². The Morgan fingerprint density at radius 3 is 2.50 bits per heavy atom. The highest BCUT2D eigenvalue weighted by Crippen LogP contribution is 2.33. The molecule has 2 rings (SSSR count). The monoisotopic (exact) mass is 322 g/mol. The number of benzene rings is 1. The number of rotatable bonds is 2. The Kier molecular flexibility index (Phi) is 4.09. The molecule has 1 aromatic heterocycles. The number of para-hydroxylation sites is 1. The van der Waals surface area contributed by atoms with Crippen molar-refractivity contribution < 1.29 is 18.0 Å². The van der Waals surface area contributed by atoms with E-state index in [1.54, 1.807) is 24.3 Å². The first kappa shape index (κ1) is 14.5. The van der Waals surface area contributed by atoms with Crippen LogP contribution in [0.4, 0.5) is 28.8 Å². The van der Waals surface area contributed by atoms with Gasteiger partial charge >= 0.3 is 12.2 Å². The van der Waals surface area contributed by atoms with Crippen molar-refractivity contribution in [1.29, 1.82) is 0 Å². The first-order valence-corrected chi connectivity index (χ1v) is 6.29. The van der Waals surface area contributed by atoms with Gasteiger partial charge in [-0.25, -0.2) is 4.79 Å². The molecular weight excluding hydrogens is 317 g/mol. The second kappa shape index (κ2) is 5.63. The van der Waals surface area contributed by atoms with Gasteiger partial charge in [0.25, 0.3) is 0 Å². The molecule has 10 heteroatoms. The minimum atomic E-state index is -4.59. The Morgan fingerprint density at radius 2 is 1.90 bits per heavy atom. The molecule has 2 aromatic rings. The van der Waals surface area contributed by atoms with Crippen molar-refractivity contribution in [2.24, 2.45) is 0 Å². The molecule has 0 radical (unpaired) electrons. The van der Waals surface area contributed by atoms with Gasteiger partial charge in [0.2, 0.25) is 10.1 Å². The number of halogens is 4. The van der Waals surface area contributed by atoms with E-state index < -0.39 is 17.2 Å². The van der Waals surface area contributed by atoms with Crippen LogP contribution in [0, 0.1) is 0 Å². The SMILES string of the molecule is O=C(Nc1nnc(C(F)(F)F)s1)Nc1ccccc1Cl. The van der Waals surface area contributed by atoms with Gasteiger partial charge in [0, 0.05) is 0 Å². The van der Waals surface area contributed by atoms with Gasteiger partial charge in [-0.15, -0.1) is 10.2 Å². The van der Waals surface area contributed by atoms with Crippen LogP contribution in [0.1, 0.15) is 5.01 Å². The smallest absolute Gasteiger partial charge is 0.306 e. The normalized spacial score (nSPS) is 11.2. The van der Waals surface area contributed by atoms with E-state index in [0.29, 0.717) is 10.7 Å². The molecule has 2 amide bonds. The topological polar surface area (TPSA) is 66.9 Å². The zero-order valence-electron chi connectivity index (χ0n) is 9.53. The van der Waals surface area contributed by atoms with Gasteiger partial charge in [-0.1, -0.05) is 35.1 Å². The van der Waals surface area contributed by atoms with Gasteiger partial charge < -0.3 is 5.32 Å². The molecule has 0 aliphatic heterocycles. The van der Waals surface area contributed by atoms with Gasteiger partial charge in [0.1, 0.15) is 0 Å². The van der Waals surface area contributed by atoms with Gasteiger partial charge in [-0.05, 0) is 12.1 Å². The number of urea groups is 1. The Labute approximate surface area is 119 Å². The Hall–Kier alpha value is -1.87. The molecule has 20 heavy (non-hydrogen) atoms. The summed E-state index contributed by atoms with van der Waals surface area (Å²) in [6.45, 7) is 0. The summed E-state index contributed by atoms with van der Waals surface area (Å²) in [5.41, 5.74) is 0.326. The van der Waals surface area contributed by atoms with E-state index in [2.05, 4.69) is 20.8 Å². The van der Waals surface area contributed by atoms with Crippen LogP contribution in [-0.2, 0) is 6.18 Å². The number of carbonyl (C=O) groups is 1. The molecule has 0 saturated carbocycles. The van der Waals surface area contributed by atoms with Crippen molar-refractivity contribution in [3.05, 3.63) is 34.3 Å². The highest BCUT2D eigenvalue weighted by atomic mass is 35.5. The summed E-state index contributed by atoms with van der Waals surface area (Å²) >= 11 is 6.05. The number of hydrogen-bond donors (Lipinski definition) is 2. The number of nitrogens with zero attached hydrogens (tertiary/aromatic N) is 2. The number of nitrogens with one attached hydrogen (secondary N) is 2. The molecule has 0 bridgehead atoms. The van der Waals surface area contributed by atoms with E-state index in [4.69, 9.17) is 11.6 Å². The van der Waals surface area contributed by atoms with Crippen LogP contribution < -0.4 is 10.6 Å². The minimum absolute atomic E-state index is 0.231. The molecule has 0 aliphatic carbocycles. The Balaban J connectivity index is 2.02. The number of amides is 2. The second-order valence-corrected chi connectivity index (χ2v) is 4.85. The third-order valence-electron chi connectivity index (χ3n) is 2.01. The molecule has 1 heterocycles. The Bertz CT molecular complexity index is 631. The largest absolute Gasteiger partial charge is 0.445 e. The fraction of sp³-hybridized carbons (Fsp3) is 0.100. The second-order valence-electron chi connectivity index (χ2n) is 3.47. The van der Waals surface area contributed by atoms with Gasteiger partial charge in [-0.2, -0.15) is 13.2 Å². The van der Waals surface area contributed by atoms with Gasteiger partial charge in [0.15, 0.2) is 0 Å². The molecule has 0 spiro atoms. The van der Waals surface area contributed by atoms with Crippen molar-refractivity contribution in [2.75, 3.05) is 10.6 Å². The summed E-state index contributed by atoms with van der Waals surface area (Å²) in [4.78, 5) is 11.6. The lowest BCUT2D eigenvalue weighted by molar-refractivity contribution is -0.138. The maximum atomic E-state index is 12.3. The van der Waals surface area contributed by atoms with E-state index in [1.165, 1.54) is 0 Å². The molecule has 1 aromatic carbocycles. The molecule has 0 atom stereocenters. The van der Waals surface area contributed by atoms with Crippen molar-refractivity contribution >= 4 is 39.8 Å². The highest BCUT2D eigenvalue weighted by molar-refractivity contribution is 7.15. The average Bonchev–Trinajstić information content (AvgIpc) is 2.80. The first-order chi connectivity index (χ1) is 9.36. The summed E-state index contributed by atoms with van der Waals surface area (Å²) < 4.78 is 36.9.